The molecule has 0 saturated heterocycles. The lowest BCUT2D eigenvalue weighted by atomic mass is 9.83. The molecule has 1 heteroatoms. The van der Waals surface area contributed by atoms with Gasteiger partial charge in [-0.25, -0.2) is 0 Å². The second-order valence-corrected chi connectivity index (χ2v) is 6.17. The standard InChI is InChI=1S/C21H22O.C2H6/c1-17-7-9-18(10-8-17)11-12-19-13-15-21(16-14-19)22-20-5-3-2-4-6-20;1-2/h2-6,13-18H,7-10H2,1H3;1-2H3. The molecule has 1 aliphatic carbocycles. The van der Waals surface area contributed by atoms with E-state index in [4.69, 9.17) is 4.74 Å². The molecule has 0 bridgehead atoms. The van der Waals surface area contributed by atoms with Gasteiger partial charge in [0.15, 0.2) is 0 Å². The number of hydrogen-bond acceptors (Lipinski definition) is 1. The molecule has 2 aromatic rings. The number of rotatable bonds is 2. The van der Waals surface area contributed by atoms with Crippen LogP contribution in [0, 0.1) is 23.7 Å². The fraction of sp³-hybridized carbons (Fsp3) is 0.391. The van der Waals surface area contributed by atoms with Crippen LogP contribution in [-0.2, 0) is 0 Å². The van der Waals surface area contributed by atoms with E-state index in [0.29, 0.717) is 5.92 Å². The van der Waals surface area contributed by atoms with E-state index >= 15 is 0 Å². The predicted octanol–water partition coefficient (Wildman–Crippen LogP) is 6.68. The van der Waals surface area contributed by atoms with Crippen LogP contribution in [0.25, 0.3) is 0 Å². The fourth-order valence-electron chi connectivity index (χ4n) is 2.82. The molecule has 1 fully saturated rings. The molecule has 24 heavy (non-hydrogen) atoms. The Bertz CT molecular complexity index is 638. The van der Waals surface area contributed by atoms with Crippen molar-refractivity contribution < 1.29 is 4.74 Å². The molecule has 1 aliphatic rings. The van der Waals surface area contributed by atoms with Crippen LogP contribution in [0.1, 0.15) is 52.0 Å². The molecule has 0 aliphatic heterocycles. The summed E-state index contributed by atoms with van der Waals surface area (Å²) in [5.41, 5.74) is 1.07. The zero-order valence-corrected chi connectivity index (χ0v) is 15.1. The molecular formula is C23H28O. The van der Waals surface area contributed by atoms with Gasteiger partial charge in [0, 0.05) is 11.5 Å². The molecule has 0 atom stereocenters. The second kappa shape index (κ2) is 9.83. The smallest absolute Gasteiger partial charge is 0.127 e. The van der Waals surface area contributed by atoms with E-state index in [1.165, 1.54) is 25.7 Å². The van der Waals surface area contributed by atoms with Gasteiger partial charge in [0.2, 0.25) is 0 Å². The SMILES string of the molecule is CC.CC1CCC(C#Cc2ccc(Oc3ccccc3)cc2)CC1. The molecule has 2 aromatic carbocycles. The van der Waals surface area contributed by atoms with Crippen LogP contribution >= 0.6 is 0 Å². The monoisotopic (exact) mass is 320 g/mol. The van der Waals surface area contributed by atoms with Crippen molar-refractivity contribution in [2.24, 2.45) is 11.8 Å². The Morgan fingerprint density at radius 2 is 1.38 bits per heavy atom. The molecule has 126 valence electrons. The molecule has 0 heterocycles. The van der Waals surface area contributed by atoms with Crippen LogP contribution < -0.4 is 4.74 Å². The van der Waals surface area contributed by atoms with Gasteiger partial charge in [0.25, 0.3) is 0 Å². The summed E-state index contributed by atoms with van der Waals surface area (Å²) in [6.45, 7) is 6.34. The molecule has 0 amide bonds. The first-order chi connectivity index (χ1) is 11.8. The second-order valence-electron chi connectivity index (χ2n) is 6.17. The van der Waals surface area contributed by atoms with Crippen LogP contribution in [0.15, 0.2) is 54.6 Å². The van der Waals surface area contributed by atoms with Gasteiger partial charge >= 0.3 is 0 Å². The van der Waals surface area contributed by atoms with Crippen LogP contribution in [0.5, 0.6) is 11.5 Å². The van der Waals surface area contributed by atoms with E-state index in [-0.39, 0.29) is 0 Å². The van der Waals surface area contributed by atoms with Crippen LogP contribution in [0.2, 0.25) is 0 Å². The Morgan fingerprint density at radius 3 is 2.00 bits per heavy atom. The first-order valence-electron chi connectivity index (χ1n) is 9.14. The van der Waals surface area contributed by atoms with Gasteiger partial charge in [0.05, 0.1) is 0 Å². The minimum atomic E-state index is 0.580. The molecule has 0 spiro atoms. The molecule has 0 unspecified atom stereocenters. The highest BCUT2D eigenvalue weighted by Gasteiger charge is 2.15. The Morgan fingerprint density at radius 1 is 0.792 bits per heavy atom. The summed E-state index contributed by atoms with van der Waals surface area (Å²) in [7, 11) is 0. The van der Waals surface area contributed by atoms with E-state index in [0.717, 1.165) is 23.0 Å². The van der Waals surface area contributed by atoms with Crippen molar-refractivity contribution in [2.45, 2.75) is 46.5 Å². The van der Waals surface area contributed by atoms with Crippen LogP contribution in [0.4, 0.5) is 0 Å². The van der Waals surface area contributed by atoms with Crippen molar-refractivity contribution in [3.05, 3.63) is 60.2 Å². The first kappa shape index (κ1) is 18.1. The first-order valence-corrected chi connectivity index (χ1v) is 9.14. The number of ether oxygens (including phenoxy) is 1. The third-order valence-electron chi connectivity index (χ3n) is 4.27. The van der Waals surface area contributed by atoms with Gasteiger partial charge in [-0.3, -0.25) is 0 Å². The van der Waals surface area contributed by atoms with E-state index < -0.39 is 0 Å². The Hall–Kier alpha value is -2.20. The lowest BCUT2D eigenvalue weighted by molar-refractivity contribution is 0.337. The highest BCUT2D eigenvalue weighted by Crippen LogP contribution is 2.27. The summed E-state index contributed by atoms with van der Waals surface area (Å²) in [5, 5.41) is 0. The lowest BCUT2D eigenvalue weighted by Crippen LogP contribution is -2.10. The average Bonchev–Trinajstić information content (AvgIpc) is 2.65. The van der Waals surface area contributed by atoms with Gasteiger partial charge in [-0.15, -0.1) is 0 Å². The summed E-state index contributed by atoms with van der Waals surface area (Å²) in [4.78, 5) is 0. The van der Waals surface area contributed by atoms with Gasteiger partial charge < -0.3 is 4.74 Å². The largest absolute Gasteiger partial charge is 0.457 e. The lowest BCUT2D eigenvalue weighted by Gasteiger charge is -2.21. The van der Waals surface area contributed by atoms with Crippen molar-refractivity contribution >= 4 is 0 Å². The van der Waals surface area contributed by atoms with Gasteiger partial charge in [-0.2, -0.15) is 0 Å². The molecular weight excluding hydrogens is 292 g/mol. The van der Waals surface area contributed by atoms with E-state index in [1.807, 2.05) is 68.4 Å². The molecule has 1 saturated carbocycles. The Labute approximate surface area is 147 Å². The van der Waals surface area contributed by atoms with E-state index in [9.17, 15) is 0 Å². The zero-order valence-electron chi connectivity index (χ0n) is 15.1. The van der Waals surface area contributed by atoms with Gasteiger partial charge in [-0.05, 0) is 68.0 Å². The maximum atomic E-state index is 5.79. The minimum Gasteiger partial charge on any atom is -0.457 e. The van der Waals surface area contributed by atoms with Crippen LogP contribution in [-0.4, -0.2) is 0 Å². The summed E-state index contributed by atoms with van der Waals surface area (Å²) < 4.78 is 5.79. The van der Waals surface area contributed by atoms with Gasteiger partial charge in [0.1, 0.15) is 11.5 Å². The Balaban J connectivity index is 0.00000100. The normalized spacial score (nSPS) is 19.3. The topological polar surface area (TPSA) is 9.23 Å². The molecule has 3 rings (SSSR count). The minimum absolute atomic E-state index is 0.580. The maximum Gasteiger partial charge on any atom is 0.127 e. The van der Waals surface area contributed by atoms with Crippen molar-refractivity contribution in [3.8, 4) is 23.3 Å². The van der Waals surface area contributed by atoms with Crippen molar-refractivity contribution in [3.63, 3.8) is 0 Å². The van der Waals surface area contributed by atoms with Crippen molar-refractivity contribution in [1.29, 1.82) is 0 Å². The zero-order chi connectivity index (χ0) is 17.2. The molecule has 0 radical (unpaired) electrons. The fourth-order valence-corrected chi connectivity index (χ4v) is 2.82. The summed E-state index contributed by atoms with van der Waals surface area (Å²) in [5.74, 6) is 9.92. The highest BCUT2D eigenvalue weighted by atomic mass is 16.5. The molecule has 0 aromatic heterocycles. The molecule has 0 N–H and O–H groups in total. The van der Waals surface area contributed by atoms with E-state index in [1.54, 1.807) is 0 Å². The highest BCUT2D eigenvalue weighted by molar-refractivity contribution is 5.40. The molecule has 1 nitrogen and oxygen atoms in total. The number of para-hydroxylation sites is 1. The third-order valence-corrected chi connectivity index (χ3v) is 4.27. The number of hydrogen-bond donors (Lipinski definition) is 0. The van der Waals surface area contributed by atoms with Crippen molar-refractivity contribution in [1.82, 2.24) is 0 Å². The summed E-state index contributed by atoms with van der Waals surface area (Å²) >= 11 is 0. The maximum absolute atomic E-state index is 5.79. The van der Waals surface area contributed by atoms with Crippen molar-refractivity contribution in [2.75, 3.05) is 0 Å². The summed E-state index contributed by atoms with van der Waals surface area (Å²) in [6.07, 6.45) is 5.15. The quantitative estimate of drug-likeness (QED) is 0.561. The third kappa shape index (κ3) is 5.78. The summed E-state index contributed by atoms with van der Waals surface area (Å²) in [6, 6.07) is 17.9. The average molecular weight is 320 g/mol. The van der Waals surface area contributed by atoms with Gasteiger partial charge in [-0.1, -0.05) is 50.8 Å². The number of benzene rings is 2. The van der Waals surface area contributed by atoms with Crippen LogP contribution in [0.3, 0.4) is 0 Å². The predicted molar refractivity (Wildman–Crippen MR) is 102 cm³/mol. The Kier molecular flexibility index (Phi) is 7.43. The van der Waals surface area contributed by atoms with E-state index in [2.05, 4.69) is 18.8 Å².